The van der Waals surface area contributed by atoms with Crippen LogP contribution in [0.25, 0.3) is 0 Å². The maximum Gasteiger partial charge on any atom is 0.251 e. The first-order chi connectivity index (χ1) is 9.70. The molecule has 0 saturated carbocycles. The molecule has 2 rings (SSSR count). The Kier molecular flexibility index (Phi) is 5.51. The van der Waals surface area contributed by atoms with Crippen molar-refractivity contribution in [3.8, 4) is 11.8 Å². The molecule has 1 heterocycles. The Morgan fingerprint density at radius 3 is 2.90 bits per heavy atom. The molecule has 1 aliphatic heterocycles. The quantitative estimate of drug-likeness (QED) is 0.818. The molecule has 0 unspecified atom stereocenters. The van der Waals surface area contributed by atoms with E-state index in [2.05, 4.69) is 17.2 Å². The first kappa shape index (κ1) is 15.0. The van der Waals surface area contributed by atoms with Crippen LogP contribution in [0.1, 0.15) is 34.3 Å². The molecular weight excluding hydrogens is 270 g/mol. The number of nitrogens with one attached hydrogen (secondary N) is 1. The number of carbonyl (C=O) groups is 1. The molecule has 0 bridgehead atoms. The van der Waals surface area contributed by atoms with Gasteiger partial charge < -0.3 is 10.4 Å². The Morgan fingerprint density at radius 2 is 2.20 bits per heavy atom. The molecule has 0 spiro atoms. The lowest BCUT2D eigenvalue weighted by atomic mass is 10.0. The van der Waals surface area contributed by atoms with Gasteiger partial charge >= 0.3 is 0 Å². The minimum Gasteiger partial charge on any atom is -0.384 e. The highest BCUT2D eigenvalue weighted by molar-refractivity contribution is 7.99. The van der Waals surface area contributed by atoms with Crippen molar-refractivity contribution < 1.29 is 9.90 Å². The number of amides is 1. The summed E-state index contributed by atoms with van der Waals surface area (Å²) in [6.45, 7) is 1.75. The van der Waals surface area contributed by atoms with Crippen LogP contribution in [0.4, 0.5) is 0 Å². The van der Waals surface area contributed by atoms with E-state index in [0.717, 1.165) is 35.5 Å². The Morgan fingerprint density at radius 1 is 1.45 bits per heavy atom. The van der Waals surface area contributed by atoms with Gasteiger partial charge in [-0.2, -0.15) is 11.8 Å². The van der Waals surface area contributed by atoms with Crippen LogP contribution in [0, 0.1) is 18.8 Å². The van der Waals surface area contributed by atoms with Crippen molar-refractivity contribution in [2.45, 2.75) is 25.8 Å². The van der Waals surface area contributed by atoms with Gasteiger partial charge in [-0.3, -0.25) is 4.79 Å². The number of aliphatic hydroxyl groups excluding tert-OH is 1. The van der Waals surface area contributed by atoms with E-state index in [0.29, 0.717) is 5.56 Å². The summed E-state index contributed by atoms with van der Waals surface area (Å²) in [6.07, 6.45) is 2.08. The number of aliphatic hydroxyl groups is 1. The van der Waals surface area contributed by atoms with Gasteiger partial charge in [0.05, 0.1) is 0 Å². The fourth-order valence-electron chi connectivity index (χ4n) is 2.19. The van der Waals surface area contributed by atoms with Crippen molar-refractivity contribution in [1.29, 1.82) is 0 Å². The van der Waals surface area contributed by atoms with Gasteiger partial charge in [-0.05, 0) is 49.0 Å². The first-order valence-electron chi connectivity index (χ1n) is 6.79. The first-order valence-corrected chi connectivity index (χ1v) is 7.95. The molecule has 1 saturated heterocycles. The van der Waals surface area contributed by atoms with Crippen molar-refractivity contribution in [2.75, 3.05) is 18.1 Å². The summed E-state index contributed by atoms with van der Waals surface area (Å²) >= 11 is 1.94. The second-order valence-corrected chi connectivity index (χ2v) is 6.07. The Balaban J connectivity index is 2.11. The number of hydrogen-bond donors (Lipinski definition) is 2. The van der Waals surface area contributed by atoms with Gasteiger partial charge in [0, 0.05) is 17.2 Å². The smallest absolute Gasteiger partial charge is 0.251 e. The largest absolute Gasteiger partial charge is 0.384 e. The topological polar surface area (TPSA) is 49.3 Å². The molecule has 0 aliphatic carbocycles. The van der Waals surface area contributed by atoms with Crippen molar-refractivity contribution in [2.24, 2.45) is 0 Å². The third-order valence-electron chi connectivity index (χ3n) is 3.35. The average molecular weight is 289 g/mol. The number of carbonyl (C=O) groups excluding carboxylic acids is 1. The number of thioether (sulfide) groups is 1. The summed E-state index contributed by atoms with van der Waals surface area (Å²) < 4.78 is 0. The van der Waals surface area contributed by atoms with Gasteiger partial charge in [0.1, 0.15) is 6.61 Å². The molecule has 3 nitrogen and oxygen atoms in total. The van der Waals surface area contributed by atoms with Crippen LogP contribution in [0.5, 0.6) is 0 Å². The van der Waals surface area contributed by atoms with E-state index < -0.39 is 0 Å². The van der Waals surface area contributed by atoms with Crippen LogP contribution in [-0.4, -0.2) is 35.2 Å². The molecule has 106 valence electrons. The predicted molar refractivity (Wildman–Crippen MR) is 83.0 cm³/mol. The van der Waals surface area contributed by atoms with Crippen LogP contribution < -0.4 is 5.32 Å². The third-order valence-corrected chi connectivity index (χ3v) is 4.40. The van der Waals surface area contributed by atoms with Crippen molar-refractivity contribution in [3.63, 3.8) is 0 Å². The van der Waals surface area contributed by atoms with Gasteiger partial charge in [0.15, 0.2) is 0 Å². The summed E-state index contributed by atoms with van der Waals surface area (Å²) in [5, 5.41) is 11.8. The van der Waals surface area contributed by atoms with Gasteiger partial charge in [-0.1, -0.05) is 17.9 Å². The Labute approximate surface area is 124 Å². The molecule has 1 aliphatic rings. The Hall–Kier alpha value is -1.44. The molecule has 2 N–H and O–H groups in total. The molecule has 0 atom stereocenters. The lowest BCUT2D eigenvalue weighted by molar-refractivity contribution is 0.0934. The van der Waals surface area contributed by atoms with E-state index in [1.807, 2.05) is 30.8 Å². The molecule has 20 heavy (non-hydrogen) atoms. The molecule has 0 radical (unpaired) electrons. The van der Waals surface area contributed by atoms with Crippen LogP contribution in [0.15, 0.2) is 18.2 Å². The van der Waals surface area contributed by atoms with E-state index in [4.69, 9.17) is 5.11 Å². The maximum absolute atomic E-state index is 12.3. The van der Waals surface area contributed by atoms with E-state index in [-0.39, 0.29) is 18.6 Å². The number of rotatable bonds is 2. The monoisotopic (exact) mass is 289 g/mol. The highest BCUT2D eigenvalue weighted by Gasteiger charge is 2.18. The second kappa shape index (κ2) is 7.37. The molecular formula is C16H19NO2S. The van der Waals surface area contributed by atoms with E-state index in [1.165, 1.54) is 0 Å². The standard InChI is InChI=1S/C16H19NO2S/c1-12-4-5-13(3-2-8-18)11-15(12)16(19)17-14-6-9-20-10-7-14/h4-5,11,14,18H,6-10H2,1H3,(H,17,19). The SMILES string of the molecule is Cc1ccc(C#CCO)cc1C(=O)NC1CCSCC1. The normalized spacial score (nSPS) is 15.3. The zero-order valence-corrected chi connectivity index (χ0v) is 12.4. The summed E-state index contributed by atoms with van der Waals surface area (Å²) in [5.74, 6) is 7.65. The minimum atomic E-state index is -0.171. The maximum atomic E-state index is 12.3. The van der Waals surface area contributed by atoms with E-state index >= 15 is 0 Å². The van der Waals surface area contributed by atoms with E-state index in [9.17, 15) is 4.79 Å². The molecule has 1 amide bonds. The molecule has 1 aromatic rings. The molecule has 1 fully saturated rings. The summed E-state index contributed by atoms with van der Waals surface area (Å²) in [7, 11) is 0. The van der Waals surface area contributed by atoms with Crippen LogP contribution in [0.3, 0.4) is 0 Å². The zero-order valence-electron chi connectivity index (χ0n) is 11.6. The van der Waals surface area contributed by atoms with Crippen molar-refractivity contribution in [3.05, 3.63) is 34.9 Å². The number of hydrogen-bond acceptors (Lipinski definition) is 3. The Bertz CT molecular complexity index is 539. The van der Waals surface area contributed by atoms with E-state index in [1.54, 1.807) is 6.07 Å². The lowest BCUT2D eigenvalue weighted by Crippen LogP contribution is -2.37. The lowest BCUT2D eigenvalue weighted by Gasteiger charge is -2.23. The van der Waals surface area contributed by atoms with Crippen molar-refractivity contribution >= 4 is 17.7 Å². The highest BCUT2D eigenvalue weighted by Crippen LogP contribution is 2.18. The molecule has 4 heteroatoms. The zero-order chi connectivity index (χ0) is 14.4. The highest BCUT2D eigenvalue weighted by atomic mass is 32.2. The third kappa shape index (κ3) is 4.03. The molecule has 1 aromatic carbocycles. The van der Waals surface area contributed by atoms with Gasteiger partial charge in [0.2, 0.25) is 0 Å². The van der Waals surface area contributed by atoms with Crippen LogP contribution in [-0.2, 0) is 0 Å². The summed E-state index contributed by atoms with van der Waals surface area (Å²) in [4.78, 5) is 12.3. The molecule has 0 aromatic heterocycles. The second-order valence-electron chi connectivity index (χ2n) is 4.85. The average Bonchev–Trinajstić information content (AvgIpc) is 2.47. The minimum absolute atomic E-state index is 0.0213. The summed E-state index contributed by atoms with van der Waals surface area (Å²) in [6, 6.07) is 5.85. The van der Waals surface area contributed by atoms with Crippen molar-refractivity contribution in [1.82, 2.24) is 5.32 Å². The van der Waals surface area contributed by atoms with Crippen LogP contribution in [0.2, 0.25) is 0 Å². The fourth-order valence-corrected chi connectivity index (χ4v) is 3.30. The fraction of sp³-hybridized carbons (Fsp3) is 0.438. The van der Waals surface area contributed by atoms with Gasteiger partial charge in [-0.25, -0.2) is 0 Å². The summed E-state index contributed by atoms with van der Waals surface area (Å²) in [5.41, 5.74) is 2.38. The van der Waals surface area contributed by atoms with Gasteiger partial charge in [-0.15, -0.1) is 0 Å². The van der Waals surface area contributed by atoms with Gasteiger partial charge in [0.25, 0.3) is 5.91 Å². The number of aryl methyl sites for hydroxylation is 1. The van der Waals surface area contributed by atoms with Crippen LogP contribution >= 0.6 is 11.8 Å². The predicted octanol–water partition coefficient (Wildman–Crippen LogP) is 1.96. The number of benzene rings is 1.